The van der Waals surface area contributed by atoms with Gasteiger partial charge in [-0.15, -0.1) is 0 Å². The predicted molar refractivity (Wildman–Crippen MR) is 109 cm³/mol. The van der Waals surface area contributed by atoms with Crippen molar-refractivity contribution in [2.75, 3.05) is 18.9 Å². The highest BCUT2D eigenvalue weighted by Crippen LogP contribution is 2.25. The fourth-order valence-electron chi connectivity index (χ4n) is 2.99. The van der Waals surface area contributed by atoms with Crippen molar-refractivity contribution in [2.24, 2.45) is 4.99 Å². The van der Waals surface area contributed by atoms with E-state index in [-0.39, 0.29) is 5.91 Å². The van der Waals surface area contributed by atoms with Gasteiger partial charge in [-0.1, -0.05) is 29.0 Å². The third-order valence-electron chi connectivity index (χ3n) is 4.07. The van der Waals surface area contributed by atoms with Gasteiger partial charge in [-0.25, -0.2) is 4.99 Å². The molecule has 4 nitrogen and oxygen atoms in total. The van der Waals surface area contributed by atoms with Crippen LogP contribution in [0.4, 0.5) is 5.69 Å². The first-order valence-corrected chi connectivity index (χ1v) is 9.90. The molecule has 0 aromatic heterocycles. The molecule has 2 aromatic carbocycles. The number of hydrogen-bond donors (Lipinski definition) is 0. The highest BCUT2D eigenvalue weighted by Gasteiger charge is 2.25. The lowest BCUT2D eigenvalue weighted by Gasteiger charge is -2.28. The van der Waals surface area contributed by atoms with E-state index in [1.165, 1.54) is 0 Å². The first-order chi connectivity index (χ1) is 12.6. The lowest BCUT2D eigenvalue weighted by atomic mass is 10.1. The largest absolute Gasteiger partial charge is 0.494 e. The van der Waals surface area contributed by atoms with Crippen LogP contribution in [0.15, 0.2) is 47.5 Å². The van der Waals surface area contributed by atoms with Crippen LogP contribution in [0.2, 0.25) is 0 Å². The third-order valence-corrected chi connectivity index (χ3v) is 5.14. The molecule has 1 saturated heterocycles. The summed E-state index contributed by atoms with van der Waals surface area (Å²) in [6.45, 7) is 7.34. The molecule has 0 aliphatic carbocycles. The summed E-state index contributed by atoms with van der Waals surface area (Å²) in [5.41, 5.74) is 3.76. The SMILES string of the molecule is CCOc1ccc(N=C2SCCCN2C(=O)c2cc(C)cc(C)c2)cc1. The molecule has 1 fully saturated rings. The molecule has 1 amide bonds. The van der Waals surface area contributed by atoms with E-state index in [0.717, 1.165) is 45.5 Å². The summed E-state index contributed by atoms with van der Waals surface area (Å²) in [5, 5.41) is 0.768. The Morgan fingerprint density at radius 1 is 1.15 bits per heavy atom. The number of benzene rings is 2. The Morgan fingerprint density at radius 2 is 1.85 bits per heavy atom. The molecule has 3 rings (SSSR count). The Morgan fingerprint density at radius 3 is 2.50 bits per heavy atom. The molecule has 2 aromatic rings. The summed E-state index contributed by atoms with van der Waals surface area (Å²) in [4.78, 5) is 19.6. The number of aliphatic imine (C=N–C) groups is 1. The normalized spacial score (nSPS) is 16.0. The van der Waals surface area contributed by atoms with Crippen molar-refractivity contribution >= 4 is 28.5 Å². The highest BCUT2D eigenvalue weighted by molar-refractivity contribution is 8.13. The number of nitrogens with zero attached hydrogens (tertiary/aromatic N) is 2. The van der Waals surface area contributed by atoms with Crippen LogP contribution in [-0.2, 0) is 0 Å². The Hall–Kier alpha value is -2.27. The number of amidine groups is 1. The van der Waals surface area contributed by atoms with Gasteiger partial charge in [0.25, 0.3) is 5.91 Å². The lowest BCUT2D eigenvalue weighted by molar-refractivity contribution is 0.0849. The molecule has 5 heteroatoms. The molecular formula is C21H24N2O2S. The second-order valence-corrected chi connectivity index (χ2v) is 7.42. The highest BCUT2D eigenvalue weighted by atomic mass is 32.2. The van der Waals surface area contributed by atoms with Crippen LogP contribution in [0.25, 0.3) is 0 Å². The lowest BCUT2D eigenvalue weighted by Crippen LogP contribution is -2.39. The molecular weight excluding hydrogens is 344 g/mol. The fourth-order valence-corrected chi connectivity index (χ4v) is 3.94. The van der Waals surface area contributed by atoms with Gasteiger partial charge >= 0.3 is 0 Å². The molecule has 0 radical (unpaired) electrons. The van der Waals surface area contributed by atoms with Gasteiger partial charge in [-0.05, 0) is 63.6 Å². The molecule has 1 aliphatic rings. The van der Waals surface area contributed by atoms with Crippen LogP contribution >= 0.6 is 11.8 Å². The number of carbonyl (C=O) groups excluding carboxylic acids is 1. The van der Waals surface area contributed by atoms with Crippen LogP contribution < -0.4 is 4.74 Å². The zero-order chi connectivity index (χ0) is 18.5. The van der Waals surface area contributed by atoms with Crippen molar-refractivity contribution in [3.8, 4) is 5.75 Å². The predicted octanol–water partition coefficient (Wildman–Crippen LogP) is 4.97. The van der Waals surface area contributed by atoms with Gasteiger partial charge in [-0.2, -0.15) is 0 Å². The molecule has 136 valence electrons. The molecule has 26 heavy (non-hydrogen) atoms. The number of thioether (sulfide) groups is 1. The second kappa shape index (κ2) is 8.41. The van der Waals surface area contributed by atoms with Crippen molar-refractivity contribution < 1.29 is 9.53 Å². The summed E-state index contributed by atoms with van der Waals surface area (Å²) in [5.74, 6) is 1.83. The maximum absolute atomic E-state index is 13.1. The zero-order valence-corrected chi connectivity index (χ0v) is 16.3. The van der Waals surface area contributed by atoms with Crippen molar-refractivity contribution in [2.45, 2.75) is 27.2 Å². The average molecular weight is 369 g/mol. The molecule has 0 atom stereocenters. The average Bonchev–Trinajstić information content (AvgIpc) is 2.63. The summed E-state index contributed by atoms with van der Waals surface area (Å²) in [6, 6.07) is 13.6. The van der Waals surface area contributed by atoms with Crippen LogP contribution in [-0.4, -0.2) is 34.9 Å². The van der Waals surface area contributed by atoms with E-state index in [2.05, 4.69) is 6.07 Å². The van der Waals surface area contributed by atoms with Crippen LogP contribution in [0.3, 0.4) is 0 Å². The molecule has 0 unspecified atom stereocenters. The van der Waals surface area contributed by atoms with Gasteiger partial charge < -0.3 is 4.74 Å². The molecule has 0 bridgehead atoms. The van der Waals surface area contributed by atoms with Crippen molar-refractivity contribution in [3.63, 3.8) is 0 Å². The topological polar surface area (TPSA) is 41.9 Å². The summed E-state index contributed by atoms with van der Waals surface area (Å²) in [6.07, 6.45) is 0.976. The van der Waals surface area contributed by atoms with Gasteiger partial charge in [0, 0.05) is 17.9 Å². The minimum atomic E-state index is 0.0219. The number of amides is 1. The summed E-state index contributed by atoms with van der Waals surface area (Å²) < 4.78 is 5.47. The van der Waals surface area contributed by atoms with Gasteiger partial charge in [0.2, 0.25) is 0 Å². The van der Waals surface area contributed by atoms with Crippen LogP contribution in [0.5, 0.6) is 5.75 Å². The molecule has 0 saturated carbocycles. The number of ether oxygens (including phenoxy) is 1. The molecule has 0 N–H and O–H groups in total. The van der Waals surface area contributed by atoms with Crippen molar-refractivity contribution in [3.05, 3.63) is 59.2 Å². The number of aryl methyl sites for hydroxylation is 2. The van der Waals surface area contributed by atoms with Crippen molar-refractivity contribution in [1.29, 1.82) is 0 Å². The molecule has 1 heterocycles. The monoisotopic (exact) mass is 368 g/mol. The van der Waals surface area contributed by atoms with Crippen LogP contribution in [0.1, 0.15) is 34.8 Å². The second-order valence-electron chi connectivity index (χ2n) is 6.36. The van der Waals surface area contributed by atoms with Crippen LogP contribution in [0, 0.1) is 13.8 Å². The Labute approximate surface area is 159 Å². The Bertz CT molecular complexity index is 795. The first kappa shape index (κ1) is 18.5. The quantitative estimate of drug-likeness (QED) is 0.765. The zero-order valence-electron chi connectivity index (χ0n) is 15.5. The minimum absolute atomic E-state index is 0.0219. The summed E-state index contributed by atoms with van der Waals surface area (Å²) >= 11 is 1.64. The number of rotatable bonds is 4. The van der Waals surface area contributed by atoms with E-state index in [4.69, 9.17) is 9.73 Å². The third kappa shape index (κ3) is 4.47. The maximum Gasteiger partial charge on any atom is 0.259 e. The Kier molecular flexibility index (Phi) is 5.99. The van der Waals surface area contributed by atoms with E-state index in [9.17, 15) is 4.79 Å². The van der Waals surface area contributed by atoms with Gasteiger partial charge in [-0.3, -0.25) is 9.69 Å². The van der Waals surface area contributed by atoms with E-state index in [0.29, 0.717) is 13.2 Å². The van der Waals surface area contributed by atoms with Gasteiger partial charge in [0.05, 0.1) is 12.3 Å². The van der Waals surface area contributed by atoms with E-state index < -0.39 is 0 Å². The van der Waals surface area contributed by atoms with E-state index >= 15 is 0 Å². The summed E-state index contributed by atoms with van der Waals surface area (Å²) in [7, 11) is 0. The van der Waals surface area contributed by atoms with Crippen molar-refractivity contribution in [1.82, 2.24) is 4.90 Å². The smallest absolute Gasteiger partial charge is 0.259 e. The number of carbonyl (C=O) groups is 1. The van der Waals surface area contributed by atoms with E-state index in [1.54, 1.807) is 16.7 Å². The Balaban J connectivity index is 1.86. The molecule has 1 aliphatic heterocycles. The standard InChI is InChI=1S/C21H24N2O2S/c1-4-25-19-8-6-18(7-9-19)22-21-23(10-5-11-26-21)20(24)17-13-15(2)12-16(3)14-17/h6-9,12-14H,4-5,10-11H2,1-3H3. The van der Waals surface area contributed by atoms with Gasteiger partial charge in [0.1, 0.15) is 5.75 Å². The fraction of sp³-hybridized carbons (Fsp3) is 0.333. The minimum Gasteiger partial charge on any atom is -0.494 e. The molecule has 0 spiro atoms. The van der Waals surface area contributed by atoms with E-state index in [1.807, 2.05) is 57.2 Å². The number of hydrogen-bond acceptors (Lipinski definition) is 4. The van der Waals surface area contributed by atoms with Gasteiger partial charge in [0.15, 0.2) is 5.17 Å². The first-order valence-electron chi connectivity index (χ1n) is 8.91. The maximum atomic E-state index is 13.1.